The Labute approximate surface area is 158 Å². The summed E-state index contributed by atoms with van der Waals surface area (Å²) in [5.41, 5.74) is 8.24. The third kappa shape index (κ3) is 3.65. The van der Waals surface area contributed by atoms with Crippen LogP contribution >= 0.6 is 0 Å². The van der Waals surface area contributed by atoms with Gasteiger partial charge in [-0.25, -0.2) is 0 Å². The number of aryl methyl sites for hydroxylation is 1. The number of hydrogen-bond acceptors (Lipinski definition) is 0. The van der Waals surface area contributed by atoms with Gasteiger partial charge in [0.25, 0.3) is 0 Å². The number of rotatable bonds is 5. The Bertz CT molecular complexity index is 831. The quantitative estimate of drug-likeness (QED) is 0.426. The lowest BCUT2D eigenvalue weighted by atomic mass is 9.78. The van der Waals surface area contributed by atoms with Gasteiger partial charge >= 0.3 is 0 Å². The maximum Gasteiger partial charge on any atom is 0.0348 e. The smallest absolute Gasteiger partial charge is 0.0348 e. The van der Waals surface area contributed by atoms with Gasteiger partial charge in [0, 0.05) is 5.92 Å². The van der Waals surface area contributed by atoms with Crippen LogP contribution in [0.25, 0.3) is 6.08 Å². The molecular formula is C26H28. The maximum atomic E-state index is 2.30. The van der Waals surface area contributed by atoms with Gasteiger partial charge in [-0.05, 0) is 53.1 Å². The van der Waals surface area contributed by atoms with Gasteiger partial charge in [-0.1, -0.05) is 98.8 Å². The van der Waals surface area contributed by atoms with Gasteiger partial charge in [-0.3, -0.25) is 0 Å². The van der Waals surface area contributed by atoms with Crippen LogP contribution in [-0.4, -0.2) is 0 Å². The van der Waals surface area contributed by atoms with Crippen LogP contribution in [0.15, 0.2) is 78.9 Å². The van der Waals surface area contributed by atoms with Crippen LogP contribution < -0.4 is 0 Å². The van der Waals surface area contributed by atoms with Gasteiger partial charge in [0.1, 0.15) is 0 Å². The summed E-state index contributed by atoms with van der Waals surface area (Å²) in [4.78, 5) is 0. The van der Waals surface area contributed by atoms with Crippen molar-refractivity contribution in [3.05, 3.63) is 112 Å². The fourth-order valence-electron chi connectivity index (χ4n) is 3.82. The van der Waals surface area contributed by atoms with E-state index in [0.717, 1.165) is 0 Å². The Balaban J connectivity index is 2.33. The first-order chi connectivity index (χ1) is 12.6. The highest BCUT2D eigenvalue weighted by Gasteiger charge is 2.23. The zero-order valence-corrected chi connectivity index (χ0v) is 16.2. The SMILES string of the molecule is C/C=C\c1c(C(C)C)ccc(C)c1C(c1ccccc1)c1ccccc1. The van der Waals surface area contributed by atoms with Crippen LogP contribution in [0.3, 0.4) is 0 Å². The van der Waals surface area contributed by atoms with Crippen LogP contribution in [0.1, 0.15) is 66.0 Å². The monoisotopic (exact) mass is 340 g/mol. The van der Waals surface area contributed by atoms with Crippen molar-refractivity contribution in [2.45, 2.75) is 39.5 Å². The predicted octanol–water partition coefficient (Wildman–Crippen LogP) is 7.33. The minimum Gasteiger partial charge on any atom is -0.0870 e. The third-order valence-electron chi connectivity index (χ3n) is 5.05. The lowest BCUT2D eigenvalue weighted by molar-refractivity contribution is 0.850. The average molecular weight is 341 g/mol. The first-order valence-electron chi connectivity index (χ1n) is 9.49. The molecule has 0 bridgehead atoms. The molecule has 26 heavy (non-hydrogen) atoms. The molecule has 0 N–H and O–H groups in total. The highest BCUT2D eigenvalue weighted by Crippen LogP contribution is 2.39. The Morgan fingerprint density at radius 1 is 0.731 bits per heavy atom. The lowest BCUT2D eigenvalue weighted by Gasteiger charge is -2.26. The molecule has 3 aromatic carbocycles. The molecule has 3 aromatic rings. The van der Waals surface area contributed by atoms with E-state index >= 15 is 0 Å². The van der Waals surface area contributed by atoms with Crippen molar-refractivity contribution >= 4 is 6.08 Å². The molecule has 0 saturated carbocycles. The first-order valence-corrected chi connectivity index (χ1v) is 9.49. The summed E-state index contributed by atoms with van der Waals surface area (Å²) < 4.78 is 0. The number of benzene rings is 3. The number of allylic oxidation sites excluding steroid dienone is 1. The molecule has 0 heterocycles. The highest BCUT2D eigenvalue weighted by atomic mass is 14.3. The molecule has 3 rings (SSSR count). The van der Waals surface area contributed by atoms with Gasteiger partial charge < -0.3 is 0 Å². The highest BCUT2D eigenvalue weighted by molar-refractivity contribution is 5.65. The van der Waals surface area contributed by atoms with Crippen LogP contribution in [0.2, 0.25) is 0 Å². The minimum absolute atomic E-state index is 0.238. The fourth-order valence-corrected chi connectivity index (χ4v) is 3.82. The molecule has 0 aliphatic heterocycles. The van der Waals surface area contributed by atoms with Gasteiger partial charge in [0.05, 0.1) is 0 Å². The summed E-state index contributed by atoms with van der Waals surface area (Å²) in [5.74, 6) is 0.732. The maximum absolute atomic E-state index is 2.30. The van der Waals surface area contributed by atoms with Crippen LogP contribution in [0, 0.1) is 6.92 Å². The zero-order valence-electron chi connectivity index (χ0n) is 16.2. The van der Waals surface area contributed by atoms with E-state index in [0.29, 0.717) is 5.92 Å². The summed E-state index contributed by atoms with van der Waals surface area (Å²) in [7, 11) is 0. The standard InChI is InChI=1S/C26H28/c1-5-12-24-23(19(2)3)18-17-20(4)25(24)26(21-13-8-6-9-14-21)22-15-10-7-11-16-22/h5-19,26H,1-4H3/b12-5-. The van der Waals surface area contributed by atoms with E-state index in [-0.39, 0.29) is 5.92 Å². The van der Waals surface area contributed by atoms with Gasteiger partial charge in [0.2, 0.25) is 0 Å². The molecular weight excluding hydrogens is 312 g/mol. The normalized spacial score (nSPS) is 11.6. The zero-order chi connectivity index (χ0) is 18.5. The second-order valence-corrected chi connectivity index (χ2v) is 7.21. The van der Waals surface area contributed by atoms with Crippen molar-refractivity contribution in [1.29, 1.82) is 0 Å². The van der Waals surface area contributed by atoms with E-state index in [1.54, 1.807) is 0 Å². The molecule has 0 unspecified atom stereocenters. The fraction of sp³-hybridized carbons (Fsp3) is 0.231. The second kappa shape index (κ2) is 8.19. The number of hydrogen-bond donors (Lipinski definition) is 0. The topological polar surface area (TPSA) is 0 Å². The Morgan fingerprint density at radius 3 is 1.73 bits per heavy atom. The molecule has 0 aliphatic carbocycles. The molecule has 0 atom stereocenters. The van der Waals surface area contributed by atoms with E-state index in [9.17, 15) is 0 Å². The van der Waals surface area contributed by atoms with E-state index in [1.165, 1.54) is 33.4 Å². The van der Waals surface area contributed by atoms with Crippen molar-refractivity contribution in [2.75, 3.05) is 0 Å². The van der Waals surface area contributed by atoms with Gasteiger partial charge in [-0.15, -0.1) is 0 Å². The molecule has 0 spiro atoms. The van der Waals surface area contributed by atoms with E-state index in [2.05, 4.69) is 113 Å². The summed E-state index contributed by atoms with van der Waals surface area (Å²) >= 11 is 0. The van der Waals surface area contributed by atoms with Crippen LogP contribution in [0.5, 0.6) is 0 Å². The molecule has 0 fully saturated rings. The van der Waals surface area contributed by atoms with E-state index in [4.69, 9.17) is 0 Å². The Hall–Kier alpha value is -2.60. The van der Waals surface area contributed by atoms with Crippen molar-refractivity contribution in [3.8, 4) is 0 Å². The van der Waals surface area contributed by atoms with Gasteiger partial charge in [0.15, 0.2) is 0 Å². The Kier molecular flexibility index (Phi) is 5.73. The van der Waals surface area contributed by atoms with E-state index < -0.39 is 0 Å². The molecule has 0 saturated heterocycles. The largest absolute Gasteiger partial charge is 0.0870 e. The summed E-state index contributed by atoms with van der Waals surface area (Å²) in [5, 5.41) is 0. The minimum atomic E-state index is 0.238. The second-order valence-electron chi connectivity index (χ2n) is 7.21. The van der Waals surface area contributed by atoms with Crippen LogP contribution in [0.4, 0.5) is 0 Å². The summed E-state index contributed by atoms with van der Waals surface area (Å²) in [6.07, 6.45) is 4.45. The molecule has 0 aliphatic rings. The molecule has 132 valence electrons. The molecule has 0 heteroatoms. The lowest BCUT2D eigenvalue weighted by Crippen LogP contribution is -2.10. The molecule has 0 nitrogen and oxygen atoms in total. The Morgan fingerprint density at radius 2 is 1.27 bits per heavy atom. The van der Waals surface area contributed by atoms with Gasteiger partial charge in [-0.2, -0.15) is 0 Å². The van der Waals surface area contributed by atoms with Crippen molar-refractivity contribution in [2.24, 2.45) is 0 Å². The van der Waals surface area contributed by atoms with Crippen molar-refractivity contribution in [3.63, 3.8) is 0 Å². The average Bonchev–Trinajstić information content (AvgIpc) is 2.66. The van der Waals surface area contributed by atoms with E-state index in [1.807, 2.05) is 0 Å². The van der Waals surface area contributed by atoms with Crippen LogP contribution in [-0.2, 0) is 0 Å². The third-order valence-corrected chi connectivity index (χ3v) is 5.05. The summed E-state index contributed by atoms with van der Waals surface area (Å²) in [6, 6.07) is 26.3. The first kappa shape index (κ1) is 18.2. The van der Waals surface area contributed by atoms with Crippen molar-refractivity contribution in [1.82, 2.24) is 0 Å². The predicted molar refractivity (Wildman–Crippen MR) is 114 cm³/mol. The molecule has 0 aromatic heterocycles. The van der Waals surface area contributed by atoms with Crippen molar-refractivity contribution < 1.29 is 0 Å². The molecule has 0 amide bonds. The summed E-state index contributed by atoms with van der Waals surface area (Å²) in [6.45, 7) is 8.91. The molecule has 0 radical (unpaired) electrons.